The highest BCUT2D eigenvalue weighted by molar-refractivity contribution is 5.69. The third-order valence-corrected chi connectivity index (χ3v) is 1.77. The normalized spacial score (nSPS) is 12.8. The number of hydrogen-bond donors (Lipinski definition) is 1. The lowest BCUT2D eigenvalue weighted by molar-refractivity contribution is -0.141. The van der Waals surface area contributed by atoms with E-state index < -0.39 is 5.97 Å². The first-order chi connectivity index (χ1) is 5.70. The van der Waals surface area contributed by atoms with Crippen LogP contribution in [0.15, 0.2) is 18.5 Å². The zero-order chi connectivity index (χ0) is 8.97. The maximum atomic E-state index is 10.4. The molecule has 0 aliphatic heterocycles. The van der Waals surface area contributed by atoms with Crippen LogP contribution in [0, 0.1) is 5.92 Å². The maximum absolute atomic E-state index is 10.4. The minimum atomic E-state index is -0.748. The Morgan fingerprint density at radius 3 is 3.00 bits per heavy atom. The van der Waals surface area contributed by atoms with Crippen LogP contribution in [-0.2, 0) is 11.3 Å². The SMILES string of the molecule is CC(CCn1cccn1)C(=O)O. The number of carboxylic acid groups (broad SMARTS) is 1. The molecule has 0 aromatic carbocycles. The average Bonchev–Trinajstić information content (AvgIpc) is 2.51. The van der Waals surface area contributed by atoms with Gasteiger partial charge in [-0.25, -0.2) is 0 Å². The summed E-state index contributed by atoms with van der Waals surface area (Å²) in [4.78, 5) is 10.4. The molecule has 1 N–H and O–H groups in total. The Morgan fingerprint density at radius 1 is 1.75 bits per heavy atom. The van der Waals surface area contributed by atoms with Gasteiger partial charge in [-0.1, -0.05) is 6.92 Å². The molecule has 1 heterocycles. The Hall–Kier alpha value is -1.32. The van der Waals surface area contributed by atoms with E-state index >= 15 is 0 Å². The second kappa shape index (κ2) is 3.90. The molecular formula is C8H12N2O2. The van der Waals surface area contributed by atoms with Crippen molar-refractivity contribution in [1.29, 1.82) is 0 Å². The van der Waals surface area contributed by atoms with Gasteiger partial charge in [-0.3, -0.25) is 9.48 Å². The van der Waals surface area contributed by atoms with E-state index in [1.807, 2.05) is 12.3 Å². The van der Waals surface area contributed by atoms with E-state index in [1.165, 1.54) is 0 Å². The molecule has 1 atom stereocenters. The van der Waals surface area contributed by atoms with Gasteiger partial charge in [0.1, 0.15) is 0 Å². The van der Waals surface area contributed by atoms with Crippen LogP contribution in [0.1, 0.15) is 13.3 Å². The van der Waals surface area contributed by atoms with E-state index in [9.17, 15) is 4.79 Å². The highest BCUT2D eigenvalue weighted by atomic mass is 16.4. The molecule has 0 bridgehead atoms. The first-order valence-corrected chi connectivity index (χ1v) is 3.90. The molecule has 0 aliphatic rings. The van der Waals surface area contributed by atoms with Crippen molar-refractivity contribution < 1.29 is 9.90 Å². The summed E-state index contributed by atoms with van der Waals surface area (Å²) in [5, 5.41) is 12.6. The lowest BCUT2D eigenvalue weighted by atomic mass is 10.1. The number of carboxylic acids is 1. The van der Waals surface area contributed by atoms with Gasteiger partial charge in [-0.15, -0.1) is 0 Å². The highest BCUT2D eigenvalue weighted by Crippen LogP contribution is 2.03. The monoisotopic (exact) mass is 168 g/mol. The molecule has 1 aromatic heterocycles. The van der Waals surface area contributed by atoms with Crippen molar-refractivity contribution in [2.24, 2.45) is 5.92 Å². The summed E-state index contributed by atoms with van der Waals surface area (Å²) in [5.74, 6) is -1.05. The molecule has 1 unspecified atom stereocenters. The fourth-order valence-electron chi connectivity index (χ4n) is 0.882. The van der Waals surface area contributed by atoms with Gasteiger partial charge in [0.25, 0.3) is 0 Å². The largest absolute Gasteiger partial charge is 0.481 e. The zero-order valence-corrected chi connectivity index (χ0v) is 6.97. The Kier molecular flexibility index (Phi) is 2.85. The van der Waals surface area contributed by atoms with Gasteiger partial charge in [0.2, 0.25) is 0 Å². The van der Waals surface area contributed by atoms with E-state index in [0.29, 0.717) is 13.0 Å². The van der Waals surface area contributed by atoms with Crippen LogP contribution in [0.2, 0.25) is 0 Å². The van der Waals surface area contributed by atoms with Crippen LogP contribution in [0.3, 0.4) is 0 Å². The number of rotatable bonds is 4. The van der Waals surface area contributed by atoms with E-state index in [2.05, 4.69) is 5.10 Å². The zero-order valence-electron chi connectivity index (χ0n) is 6.97. The Morgan fingerprint density at radius 2 is 2.50 bits per heavy atom. The standard InChI is InChI=1S/C8H12N2O2/c1-7(8(11)12)3-6-10-5-2-4-9-10/h2,4-5,7H,3,6H2,1H3,(H,11,12). The van der Waals surface area contributed by atoms with Gasteiger partial charge in [-0.05, 0) is 12.5 Å². The summed E-state index contributed by atoms with van der Waals surface area (Å²) in [6, 6.07) is 1.82. The van der Waals surface area contributed by atoms with Crippen LogP contribution >= 0.6 is 0 Å². The van der Waals surface area contributed by atoms with Crippen molar-refractivity contribution in [3.05, 3.63) is 18.5 Å². The van der Waals surface area contributed by atoms with Crippen LogP contribution < -0.4 is 0 Å². The number of aryl methyl sites for hydroxylation is 1. The summed E-state index contributed by atoms with van der Waals surface area (Å²) >= 11 is 0. The molecule has 0 aliphatic carbocycles. The molecule has 0 saturated heterocycles. The minimum absolute atomic E-state index is 0.297. The molecule has 0 radical (unpaired) electrons. The Bertz CT molecular complexity index is 244. The van der Waals surface area contributed by atoms with Crippen molar-refractivity contribution in [2.75, 3.05) is 0 Å². The van der Waals surface area contributed by atoms with Crippen molar-refractivity contribution in [2.45, 2.75) is 19.9 Å². The van der Waals surface area contributed by atoms with Gasteiger partial charge < -0.3 is 5.11 Å². The van der Waals surface area contributed by atoms with E-state index in [0.717, 1.165) is 0 Å². The average molecular weight is 168 g/mol. The molecule has 0 amide bonds. The van der Waals surface area contributed by atoms with E-state index in [-0.39, 0.29) is 5.92 Å². The summed E-state index contributed by atoms with van der Waals surface area (Å²) in [6.07, 6.45) is 4.14. The summed E-state index contributed by atoms with van der Waals surface area (Å²) in [7, 11) is 0. The predicted molar refractivity (Wildman–Crippen MR) is 43.6 cm³/mol. The lowest BCUT2D eigenvalue weighted by Crippen LogP contribution is -2.12. The second-order valence-electron chi connectivity index (χ2n) is 2.80. The van der Waals surface area contributed by atoms with Gasteiger partial charge >= 0.3 is 5.97 Å². The maximum Gasteiger partial charge on any atom is 0.306 e. The van der Waals surface area contributed by atoms with Gasteiger partial charge in [-0.2, -0.15) is 5.10 Å². The smallest absolute Gasteiger partial charge is 0.306 e. The van der Waals surface area contributed by atoms with Gasteiger partial charge in [0.05, 0.1) is 5.92 Å². The molecule has 12 heavy (non-hydrogen) atoms. The summed E-state index contributed by atoms with van der Waals surface area (Å²) < 4.78 is 1.74. The minimum Gasteiger partial charge on any atom is -0.481 e. The van der Waals surface area contributed by atoms with E-state index in [4.69, 9.17) is 5.11 Å². The topological polar surface area (TPSA) is 55.1 Å². The van der Waals surface area contributed by atoms with Crippen molar-refractivity contribution in [1.82, 2.24) is 9.78 Å². The Balaban J connectivity index is 2.31. The fourth-order valence-corrected chi connectivity index (χ4v) is 0.882. The molecule has 0 saturated carbocycles. The predicted octanol–water partition coefficient (Wildman–Crippen LogP) is 0.994. The second-order valence-corrected chi connectivity index (χ2v) is 2.80. The molecule has 1 rings (SSSR count). The summed E-state index contributed by atoms with van der Waals surface area (Å²) in [6.45, 7) is 2.37. The molecular weight excluding hydrogens is 156 g/mol. The molecule has 1 aromatic rings. The number of hydrogen-bond acceptors (Lipinski definition) is 2. The van der Waals surface area contributed by atoms with Crippen LogP contribution in [-0.4, -0.2) is 20.9 Å². The third kappa shape index (κ3) is 2.38. The molecule has 4 nitrogen and oxygen atoms in total. The molecule has 66 valence electrons. The fraction of sp³-hybridized carbons (Fsp3) is 0.500. The summed E-state index contributed by atoms with van der Waals surface area (Å²) in [5.41, 5.74) is 0. The quantitative estimate of drug-likeness (QED) is 0.729. The number of carbonyl (C=O) groups is 1. The van der Waals surface area contributed by atoms with Crippen molar-refractivity contribution >= 4 is 5.97 Å². The third-order valence-electron chi connectivity index (χ3n) is 1.77. The lowest BCUT2D eigenvalue weighted by Gasteiger charge is -2.04. The van der Waals surface area contributed by atoms with E-state index in [1.54, 1.807) is 17.8 Å². The van der Waals surface area contributed by atoms with Gasteiger partial charge in [0.15, 0.2) is 0 Å². The molecule has 0 fully saturated rings. The van der Waals surface area contributed by atoms with Crippen molar-refractivity contribution in [3.63, 3.8) is 0 Å². The number of nitrogens with zero attached hydrogens (tertiary/aromatic N) is 2. The van der Waals surface area contributed by atoms with Crippen LogP contribution in [0.5, 0.6) is 0 Å². The highest BCUT2D eigenvalue weighted by Gasteiger charge is 2.09. The Labute approximate surface area is 70.8 Å². The molecule has 0 spiro atoms. The first-order valence-electron chi connectivity index (χ1n) is 3.90. The van der Waals surface area contributed by atoms with Crippen molar-refractivity contribution in [3.8, 4) is 0 Å². The number of aromatic nitrogens is 2. The van der Waals surface area contributed by atoms with Gasteiger partial charge in [0, 0.05) is 18.9 Å². The van der Waals surface area contributed by atoms with Crippen LogP contribution in [0.25, 0.3) is 0 Å². The number of aliphatic carboxylic acids is 1. The van der Waals surface area contributed by atoms with Crippen LogP contribution in [0.4, 0.5) is 0 Å². The molecule has 4 heteroatoms. The first kappa shape index (κ1) is 8.77.